The second-order valence-electron chi connectivity index (χ2n) is 4.01. The quantitative estimate of drug-likeness (QED) is 0.796. The van der Waals surface area contributed by atoms with Crippen LogP contribution in [0.5, 0.6) is 0 Å². The van der Waals surface area contributed by atoms with Gasteiger partial charge in [-0.25, -0.2) is 8.42 Å². The molecular formula is C10H14ClN3O2S. The van der Waals surface area contributed by atoms with Crippen molar-refractivity contribution >= 4 is 21.6 Å². The Hall–Kier alpha value is -0.690. The minimum atomic E-state index is -3.50. The van der Waals surface area contributed by atoms with Crippen molar-refractivity contribution in [3.05, 3.63) is 23.5 Å². The van der Waals surface area contributed by atoms with E-state index in [1.165, 1.54) is 22.8 Å². The van der Waals surface area contributed by atoms with Crippen LogP contribution in [-0.2, 0) is 10.0 Å². The van der Waals surface area contributed by atoms with Crippen LogP contribution in [0.25, 0.3) is 0 Å². The van der Waals surface area contributed by atoms with Crippen molar-refractivity contribution in [1.82, 2.24) is 14.2 Å². The molecule has 7 heteroatoms. The van der Waals surface area contributed by atoms with E-state index in [1.54, 1.807) is 0 Å². The summed E-state index contributed by atoms with van der Waals surface area (Å²) in [5.74, 6) is 0. The molecule has 1 aliphatic heterocycles. The molecule has 0 bridgehead atoms. The van der Waals surface area contributed by atoms with E-state index in [0.717, 1.165) is 13.1 Å². The van der Waals surface area contributed by atoms with Gasteiger partial charge in [-0.3, -0.25) is 4.98 Å². The van der Waals surface area contributed by atoms with Gasteiger partial charge in [0.2, 0.25) is 10.0 Å². The topological polar surface area (TPSA) is 53.5 Å². The van der Waals surface area contributed by atoms with Crippen LogP contribution in [0.1, 0.15) is 0 Å². The summed E-state index contributed by atoms with van der Waals surface area (Å²) in [7, 11) is -1.53. The maximum Gasteiger partial charge on any atom is 0.246 e. The third kappa shape index (κ3) is 2.60. The second-order valence-corrected chi connectivity index (χ2v) is 6.33. The molecule has 5 nitrogen and oxygen atoms in total. The lowest BCUT2D eigenvalue weighted by Gasteiger charge is -2.31. The fourth-order valence-electron chi connectivity index (χ4n) is 1.72. The molecule has 0 amide bonds. The summed E-state index contributed by atoms with van der Waals surface area (Å²) in [6.45, 7) is 2.45. The Bertz CT molecular complexity index is 498. The van der Waals surface area contributed by atoms with Crippen LogP contribution < -0.4 is 0 Å². The third-order valence-electron chi connectivity index (χ3n) is 2.81. The zero-order chi connectivity index (χ0) is 12.5. The standard InChI is InChI=1S/C10H14ClN3O2S/c1-13-4-6-14(7-5-13)17(15,16)10-8-12-3-2-9(10)11/h2-3,8H,4-7H2,1H3. The van der Waals surface area contributed by atoms with Gasteiger partial charge in [-0.1, -0.05) is 11.6 Å². The van der Waals surface area contributed by atoms with Gasteiger partial charge in [-0.05, 0) is 13.1 Å². The molecule has 1 aromatic rings. The Balaban J connectivity index is 2.28. The van der Waals surface area contributed by atoms with E-state index in [9.17, 15) is 8.42 Å². The van der Waals surface area contributed by atoms with Crippen molar-refractivity contribution in [1.29, 1.82) is 0 Å². The van der Waals surface area contributed by atoms with Gasteiger partial charge in [0, 0.05) is 38.6 Å². The van der Waals surface area contributed by atoms with Gasteiger partial charge in [0.1, 0.15) is 4.90 Å². The second kappa shape index (κ2) is 4.89. The van der Waals surface area contributed by atoms with Crippen molar-refractivity contribution in [3.8, 4) is 0 Å². The lowest BCUT2D eigenvalue weighted by Crippen LogP contribution is -2.47. The number of hydrogen-bond donors (Lipinski definition) is 0. The number of hydrogen-bond acceptors (Lipinski definition) is 4. The molecule has 0 unspecified atom stereocenters. The van der Waals surface area contributed by atoms with Gasteiger partial charge in [-0.15, -0.1) is 0 Å². The Morgan fingerprint density at radius 1 is 1.29 bits per heavy atom. The number of nitrogens with zero attached hydrogens (tertiary/aromatic N) is 3. The molecule has 1 aliphatic rings. The predicted molar refractivity (Wildman–Crippen MR) is 65.5 cm³/mol. The Kier molecular flexibility index (Phi) is 3.67. The monoisotopic (exact) mass is 275 g/mol. The first kappa shape index (κ1) is 12.8. The van der Waals surface area contributed by atoms with Crippen LogP contribution in [0.15, 0.2) is 23.4 Å². The Morgan fingerprint density at radius 3 is 2.53 bits per heavy atom. The Morgan fingerprint density at radius 2 is 1.94 bits per heavy atom. The number of aromatic nitrogens is 1. The normalized spacial score (nSPS) is 19.4. The first-order chi connectivity index (χ1) is 8.01. The fourth-order valence-corrected chi connectivity index (χ4v) is 3.55. The molecule has 1 saturated heterocycles. The molecule has 0 atom stereocenters. The molecule has 0 aliphatic carbocycles. The highest BCUT2D eigenvalue weighted by Gasteiger charge is 2.29. The molecule has 1 aromatic heterocycles. The van der Waals surface area contributed by atoms with E-state index in [-0.39, 0.29) is 9.92 Å². The maximum absolute atomic E-state index is 12.3. The summed E-state index contributed by atoms with van der Waals surface area (Å²) in [6.07, 6.45) is 2.78. The highest BCUT2D eigenvalue weighted by atomic mass is 35.5. The van der Waals surface area contributed by atoms with Crippen LogP contribution >= 0.6 is 11.6 Å². The molecular weight excluding hydrogens is 262 g/mol. The number of piperazine rings is 1. The lowest BCUT2D eigenvalue weighted by molar-refractivity contribution is 0.222. The molecule has 17 heavy (non-hydrogen) atoms. The number of sulfonamides is 1. The number of rotatable bonds is 2. The average molecular weight is 276 g/mol. The van der Waals surface area contributed by atoms with Crippen molar-refractivity contribution in [2.24, 2.45) is 0 Å². The summed E-state index contributed by atoms with van der Waals surface area (Å²) >= 11 is 5.90. The number of pyridine rings is 1. The fraction of sp³-hybridized carbons (Fsp3) is 0.500. The molecule has 0 aromatic carbocycles. The molecule has 2 heterocycles. The number of halogens is 1. The Labute approximate surface area is 106 Å². The van der Waals surface area contributed by atoms with Crippen LogP contribution in [-0.4, -0.2) is 55.8 Å². The summed E-state index contributed by atoms with van der Waals surface area (Å²) in [4.78, 5) is 6.00. The van der Waals surface area contributed by atoms with E-state index in [1.807, 2.05) is 7.05 Å². The van der Waals surface area contributed by atoms with Gasteiger partial charge in [0.15, 0.2) is 0 Å². The van der Waals surface area contributed by atoms with Gasteiger partial charge >= 0.3 is 0 Å². The maximum atomic E-state index is 12.3. The zero-order valence-corrected chi connectivity index (χ0v) is 11.1. The third-order valence-corrected chi connectivity index (χ3v) is 5.18. The molecule has 2 rings (SSSR count). The van der Waals surface area contributed by atoms with Gasteiger partial charge < -0.3 is 4.90 Å². The highest BCUT2D eigenvalue weighted by Crippen LogP contribution is 2.23. The van der Waals surface area contributed by atoms with Crippen LogP contribution in [0.2, 0.25) is 5.02 Å². The van der Waals surface area contributed by atoms with E-state index in [0.29, 0.717) is 13.1 Å². The average Bonchev–Trinajstić information content (AvgIpc) is 2.30. The molecule has 0 N–H and O–H groups in total. The van der Waals surface area contributed by atoms with Gasteiger partial charge in [0.25, 0.3) is 0 Å². The lowest BCUT2D eigenvalue weighted by atomic mass is 10.4. The van der Waals surface area contributed by atoms with Crippen LogP contribution in [0.4, 0.5) is 0 Å². The molecule has 1 fully saturated rings. The minimum absolute atomic E-state index is 0.0891. The summed E-state index contributed by atoms with van der Waals surface area (Å²) in [5.41, 5.74) is 0. The van der Waals surface area contributed by atoms with Crippen molar-refractivity contribution < 1.29 is 8.42 Å². The number of likely N-dealkylation sites (N-methyl/N-ethyl adjacent to an activating group) is 1. The molecule has 0 radical (unpaired) electrons. The van der Waals surface area contributed by atoms with Crippen molar-refractivity contribution in [2.45, 2.75) is 4.90 Å². The summed E-state index contributed by atoms with van der Waals surface area (Å²) < 4.78 is 26.0. The van der Waals surface area contributed by atoms with Gasteiger partial charge in [-0.2, -0.15) is 4.31 Å². The summed E-state index contributed by atoms with van der Waals surface area (Å²) in [6, 6.07) is 1.49. The van der Waals surface area contributed by atoms with E-state index in [2.05, 4.69) is 9.88 Å². The van der Waals surface area contributed by atoms with Crippen LogP contribution in [0, 0.1) is 0 Å². The van der Waals surface area contributed by atoms with Gasteiger partial charge in [0.05, 0.1) is 5.02 Å². The predicted octanol–water partition coefficient (Wildman–Crippen LogP) is 0.671. The van der Waals surface area contributed by atoms with Crippen molar-refractivity contribution in [2.75, 3.05) is 33.2 Å². The van der Waals surface area contributed by atoms with E-state index < -0.39 is 10.0 Å². The minimum Gasteiger partial charge on any atom is -0.304 e. The van der Waals surface area contributed by atoms with Crippen molar-refractivity contribution in [3.63, 3.8) is 0 Å². The molecule has 0 spiro atoms. The van der Waals surface area contributed by atoms with E-state index >= 15 is 0 Å². The molecule has 0 saturated carbocycles. The largest absolute Gasteiger partial charge is 0.304 e. The summed E-state index contributed by atoms with van der Waals surface area (Å²) in [5, 5.41) is 0.221. The van der Waals surface area contributed by atoms with E-state index in [4.69, 9.17) is 11.6 Å². The molecule has 94 valence electrons. The highest BCUT2D eigenvalue weighted by molar-refractivity contribution is 7.89. The first-order valence-corrected chi connectivity index (χ1v) is 7.12. The first-order valence-electron chi connectivity index (χ1n) is 5.30. The smallest absolute Gasteiger partial charge is 0.246 e. The SMILES string of the molecule is CN1CCN(S(=O)(=O)c2cnccc2Cl)CC1. The zero-order valence-electron chi connectivity index (χ0n) is 9.50. The van der Waals surface area contributed by atoms with Crippen LogP contribution in [0.3, 0.4) is 0 Å².